The maximum Gasteiger partial charge on any atom is 0.275 e. The first-order valence-corrected chi connectivity index (χ1v) is 9.81. The number of imidazole rings is 1. The zero-order chi connectivity index (χ0) is 16.8. The van der Waals surface area contributed by atoms with Gasteiger partial charge < -0.3 is 0 Å². The van der Waals surface area contributed by atoms with Crippen molar-refractivity contribution in [1.82, 2.24) is 9.29 Å². The Balaban J connectivity index is 2.12. The first-order chi connectivity index (χ1) is 10.8. The topological polar surface area (TPSA) is 72.0 Å². The van der Waals surface area contributed by atoms with Gasteiger partial charge in [-0.3, -0.25) is 4.79 Å². The predicted molar refractivity (Wildman–Crippen MR) is 88.1 cm³/mol. The Morgan fingerprint density at radius 2 is 2.00 bits per heavy atom. The van der Waals surface area contributed by atoms with E-state index in [1.165, 1.54) is 0 Å². The van der Waals surface area contributed by atoms with Crippen LogP contribution in [-0.4, -0.2) is 25.1 Å². The van der Waals surface area contributed by atoms with Crippen LogP contribution in [0.1, 0.15) is 18.7 Å². The summed E-state index contributed by atoms with van der Waals surface area (Å²) in [6.07, 6.45) is 3.84. The van der Waals surface area contributed by atoms with Gasteiger partial charge in [0, 0.05) is 18.6 Å². The molecule has 1 aromatic carbocycles. The largest absolute Gasteiger partial charge is 0.275 e. The number of hydrogen-bond acceptors (Lipinski definition) is 3. The molecule has 0 spiro atoms. The smallest absolute Gasteiger partial charge is 0.269 e. The highest BCUT2D eigenvalue weighted by atomic mass is 35.5. The molecular formula is C14H16Cl2N3O3S+. The fourth-order valence-corrected chi connectivity index (χ4v) is 3.81. The standard InChI is InChI=1S/C14H15Cl2N3O3S/c1-23(21,22)17-13(20)8-19-12-7-10(16)9(15)6-11(12)18-5-3-2-4-14(18)19/h6-7H,2-5,8H2,1H3/p+1. The predicted octanol–water partition coefficient (Wildman–Crippen LogP) is 1.65. The number of carbonyl (C=O) groups excluding carboxylic acids is 1. The summed E-state index contributed by atoms with van der Waals surface area (Å²) < 4.78 is 28.4. The number of rotatable bonds is 3. The van der Waals surface area contributed by atoms with Crippen LogP contribution in [0.3, 0.4) is 0 Å². The minimum Gasteiger partial charge on any atom is -0.269 e. The highest BCUT2D eigenvalue weighted by Crippen LogP contribution is 2.29. The third-order valence-electron chi connectivity index (χ3n) is 3.86. The van der Waals surface area contributed by atoms with Crippen molar-refractivity contribution in [3.8, 4) is 0 Å². The molecule has 124 valence electrons. The van der Waals surface area contributed by atoms with Crippen LogP contribution < -0.4 is 9.29 Å². The molecule has 0 atom stereocenters. The molecule has 9 heteroatoms. The molecular weight excluding hydrogens is 361 g/mol. The molecule has 6 nitrogen and oxygen atoms in total. The maximum atomic E-state index is 12.0. The number of carbonyl (C=O) groups is 1. The fourth-order valence-electron chi connectivity index (χ4n) is 3.01. The number of halogens is 2. The van der Waals surface area contributed by atoms with E-state index in [9.17, 15) is 13.2 Å². The Morgan fingerprint density at radius 3 is 2.70 bits per heavy atom. The Kier molecular flexibility index (Phi) is 4.29. The summed E-state index contributed by atoms with van der Waals surface area (Å²) >= 11 is 12.2. The lowest BCUT2D eigenvalue weighted by molar-refractivity contribution is -0.685. The van der Waals surface area contributed by atoms with Crippen LogP contribution in [0, 0.1) is 0 Å². The van der Waals surface area contributed by atoms with Gasteiger partial charge in [0.1, 0.15) is 0 Å². The molecule has 2 heterocycles. The molecule has 0 aliphatic carbocycles. The van der Waals surface area contributed by atoms with Gasteiger partial charge in [0.15, 0.2) is 17.6 Å². The van der Waals surface area contributed by atoms with Crippen molar-refractivity contribution in [2.24, 2.45) is 0 Å². The molecule has 0 unspecified atom stereocenters. The molecule has 1 aromatic heterocycles. The minimum absolute atomic E-state index is 0.0795. The Bertz CT molecular complexity index is 906. The molecule has 0 bridgehead atoms. The Morgan fingerprint density at radius 1 is 1.30 bits per heavy atom. The summed E-state index contributed by atoms with van der Waals surface area (Å²) in [5.41, 5.74) is 1.68. The number of benzene rings is 1. The summed E-state index contributed by atoms with van der Waals surface area (Å²) in [6.45, 7) is 0.758. The van der Waals surface area contributed by atoms with Gasteiger partial charge in [-0.15, -0.1) is 0 Å². The van der Waals surface area contributed by atoms with E-state index in [0.717, 1.165) is 48.9 Å². The zero-order valence-electron chi connectivity index (χ0n) is 12.5. The second-order valence-electron chi connectivity index (χ2n) is 5.66. The average molecular weight is 377 g/mol. The number of hydrogen-bond donors (Lipinski definition) is 1. The summed E-state index contributed by atoms with van der Waals surface area (Å²) in [4.78, 5) is 12.0. The first kappa shape index (κ1) is 16.5. The quantitative estimate of drug-likeness (QED) is 0.827. The van der Waals surface area contributed by atoms with Gasteiger partial charge in [-0.05, 0) is 12.8 Å². The van der Waals surface area contributed by atoms with E-state index in [0.29, 0.717) is 10.0 Å². The number of fused-ring (bicyclic) bond motifs is 3. The molecule has 0 saturated carbocycles. The van der Waals surface area contributed by atoms with Crippen LogP contribution in [-0.2, 0) is 34.3 Å². The van der Waals surface area contributed by atoms with E-state index >= 15 is 0 Å². The first-order valence-electron chi connectivity index (χ1n) is 7.17. The van der Waals surface area contributed by atoms with Gasteiger partial charge in [0.2, 0.25) is 10.0 Å². The van der Waals surface area contributed by atoms with Gasteiger partial charge in [-0.1, -0.05) is 23.2 Å². The third-order valence-corrected chi connectivity index (χ3v) is 5.18. The van der Waals surface area contributed by atoms with Crippen LogP contribution in [0.25, 0.3) is 11.0 Å². The highest BCUT2D eigenvalue weighted by Gasteiger charge is 2.29. The van der Waals surface area contributed by atoms with Crippen LogP contribution in [0.4, 0.5) is 0 Å². The van der Waals surface area contributed by atoms with E-state index in [1.807, 2.05) is 9.29 Å². The molecule has 3 rings (SSSR count). The van der Waals surface area contributed by atoms with Crippen molar-refractivity contribution in [1.29, 1.82) is 0 Å². The molecule has 1 aliphatic rings. The number of aryl methyl sites for hydroxylation is 1. The third kappa shape index (κ3) is 3.32. The van der Waals surface area contributed by atoms with Gasteiger partial charge in [0.25, 0.3) is 11.7 Å². The molecule has 1 aliphatic heterocycles. The van der Waals surface area contributed by atoms with Crippen molar-refractivity contribution < 1.29 is 17.8 Å². The second kappa shape index (κ2) is 5.96. The van der Waals surface area contributed by atoms with Gasteiger partial charge in [0.05, 0.1) is 22.8 Å². The summed E-state index contributed by atoms with van der Waals surface area (Å²) in [6, 6.07) is 3.51. The number of nitrogens with one attached hydrogen (secondary N) is 1. The lowest BCUT2D eigenvalue weighted by Gasteiger charge is -2.10. The lowest BCUT2D eigenvalue weighted by Crippen LogP contribution is -2.42. The fraction of sp³-hybridized carbons (Fsp3) is 0.429. The summed E-state index contributed by atoms with van der Waals surface area (Å²) in [5.74, 6) is 0.401. The van der Waals surface area contributed by atoms with Crippen molar-refractivity contribution in [2.75, 3.05) is 6.26 Å². The molecule has 1 N–H and O–H groups in total. The highest BCUT2D eigenvalue weighted by molar-refractivity contribution is 7.89. The summed E-state index contributed by atoms with van der Waals surface area (Å²) in [7, 11) is -3.58. The van der Waals surface area contributed by atoms with Gasteiger partial charge in [-0.25, -0.2) is 22.3 Å². The average Bonchev–Trinajstić information content (AvgIpc) is 2.72. The van der Waals surface area contributed by atoms with Crippen LogP contribution in [0.2, 0.25) is 10.0 Å². The van der Waals surface area contributed by atoms with E-state index in [-0.39, 0.29) is 6.54 Å². The van der Waals surface area contributed by atoms with E-state index < -0.39 is 15.9 Å². The molecule has 2 aromatic rings. The Hall–Kier alpha value is -1.31. The minimum atomic E-state index is -3.58. The Labute approximate surface area is 144 Å². The van der Waals surface area contributed by atoms with Gasteiger partial charge in [-0.2, -0.15) is 0 Å². The normalized spacial score (nSPS) is 14.7. The van der Waals surface area contributed by atoms with E-state index in [4.69, 9.17) is 23.2 Å². The van der Waals surface area contributed by atoms with Gasteiger partial charge >= 0.3 is 0 Å². The second-order valence-corrected chi connectivity index (χ2v) is 8.23. The number of amides is 1. The van der Waals surface area contributed by atoms with Crippen molar-refractivity contribution in [3.63, 3.8) is 0 Å². The molecule has 1 amide bonds. The SMILES string of the molecule is CS(=O)(=O)NC(=O)Cn1c2[n+](c3cc(Cl)c(Cl)cc31)CCCC2. The molecule has 0 fully saturated rings. The monoisotopic (exact) mass is 376 g/mol. The van der Waals surface area contributed by atoms with E-state index in [2.05, 4.69) is 4.57 Å². The van der Waals surface area contributed by atoms with E-state index in [1.54, 1.807) is 12.1 Å². The number of sulfonamides is 1. The number of nitrogens with zero attached hydrogens (tertiary/aromatic N) is 2. The lowest BCUT2D eigenvalue weighted by atomic mass is 10.1. The summed E-state index contributed by atoms with van der Waals surface area (Å²) in [5, 5.41) is 0.858. The van der Waals surface area contributed by atoms with Crippen LogP contribution >= 0.6 is 23.2 Å². The number of aromatic nitrogens is 2. The molecule has 0 saturated heterocycles. The maximum absolute atomic E-state index is 12.0. The van der Waals surface area contributed by atoms with Crippen molar-refractivity contribution in [3.05, 3.63) is 28.0 Å². The zero-order valence-corrected chi connectivity index (χ0v) is 14.8. The van der Waals surface area contributed by atoms with Crippen molar-refractivity contribution in [2.45, 2.75) is 32.4 Å². The van der Waals surface area contributed by atoms with Crippen molar-refractivity contribution >= 4 is 50.2 Å². The van der Waals surface area contributed by atoms with Crippen LogP contribution in [0.15, 0.2) is 12.1 Å². The molecule has 23 heavy (non-hydrogen) atoms. The van der Waals surface area contributed by atoms with Crippen LogP contribution in [0.5, 0.6) is 0 Å². The molecule has 0 radical (unpaired) electrons.